The van der Waals surface area contributed by atoms with Crippen LogP contribution in [0.3, 0.4) is 0 Å². The molecule has 0 aromatic heterocycles. The molecule has 2 amide bonds. The first-order valence-corrected chi connectivity index (χ1v) is 10.6. The van der Waals surface area contributed by atoms with Crippen LogP contribution in [0.2, 0.25) is 0 Å². The molecule has 3 rings (SSSR count). The maximum Gasteiger partial charge on any atom is 0.232 e. The molecule has 2 aliphatic heterocycles. The highest BCUT2D eigenvalue weighted by molar-refractivity contribution is 8.00. The van der Waals surface area contributed by atoms with Gasteiger partial charge in [-0.1, -0.05) is 30.3 Å². The summed E-state index contributed by atoms with van der Waals surface area (Å²) in [5, 5.41) is 0. The first kappa shape index (κ1) is 19.2. The number of likely N-dealkylation sites (tertiary alicyclic amines) is 2. The average molecular weight is 376 g/mol. The van der Waals surface area contributed by atoms with Crippen LogP contribution in [-0.4, -0.2) is 59.3 Å². The number of amides is 2. The highest BCUT2D eigenvalue weighted by Gasteiger charge is 2.38. The molecule has 0 bridgehead atoms. The number of carbonyl (C=O) groups is 2. The predicted octanol–water partition coefficient (Wildman–Crippen LogP) is 2.11. The number of primary amides is 1. The van der Waals surface area contributed by atoms with E-state index in [4.69, 9.17) is 5.73 Å². The molecule has 0 saturated carbocycles. The fourth-order valence-corrected chi connectivity index (χ4v) is 4.75. The topological polar surface area (TPSA) is 66.6 Å². The van der Waals surface area contributed by atoms with Crippen LogP contribution in [0.15, 0.2) is 30.3 Å². The van der Waals surface area contributed by atoms with Crippen LogP contribution in [0, 0.1) is 5.41 Å². The van der Waals surface area contributed by atoms with Crippen LogP contribution in [0.1, 0.15) is 31.2 Å². The van der Waals surface area contributed by atoms with Crippen molar-refractivity contribution in [2.45, 2.75) is 32.2 Å². The average Bonchev–Trinajstić information content (AvgIpc) is 2.65. The molecule has 2 fully saturated rings. The van der Waals surface area contributed by atoms with Gasteiger partial charge in [0.2, 0.25) is 11.8 Å². The number of nitrogens with zero attached hydrogens (tertiary/aromatic N) is 2. The lowest BCUT2D eigenvalue weighted by Gasteiger charge is -2.47. The van der Waals surface area contributed by atoms with Gasteiger partial charge >= 0.3 is 0 Å². The Morgan fingerprint density at radius 3 is 2.19 bits per heavy atom. The van der Waals surface area contributed by atoms with Crippen molar-refractivity contribution in [2.75, 3.05) is 37.7 Å². The van der Waals surface area contributed by atoms with Gasteiger partial charge in [-0.2, -0.15) is 0 Å². The van der Waals surface area contributed by atoms with E-state index in [2.05, 4.69) is 35.2 Å². The predicted molar refractivity (Wildman–Crippen MR) is 106 cm³/mol. The highest BCUT2D eigenvalue weighted by Crippen LogP contribution is 2.41. The van der Waals surface area contributed by atoms with E-state index in [0.29, 0.717) is 11.2 Å². The summed E-state index contributed by atoms with van der Waals surface area (Å²) in [5.41, 5.74) is 6.93. The van der Waals surface area contributed by atoms with Crippen LogP contribution in [0.5, 0.6) is 0 Å². The Morgan fingerprint density at radius 2 is 1.58 bits per heavy atom. The fourth-order valence-electron chi connectivity index (χ4n) is 4.09. The molecule has 142 valence electrons. The first-order chi connectivity index (χ1) is 12.6. The van der Waals surface area contributed by atoms with Gasteiger partial charge in [0.1, 0.15) is 0 Å². The number of carbonyl (C=O) groups excluding carboxylic acids is 2. The standard InChI is InChI=1S/C20H29N3O2S/c21-18(24)15-26-16-19(25)23-12-8-20(9-13-23)6-10-22(11-7-20)14-17-4-2-1-3-5-17/h1-5H,6-16H2,(H2,21,24). The molecule has 6 heteroatoms. The zero-order chi connectivity index (χ0) is 18.4. The molecule has 2 N–H and O–H groups in total. The third-order valence-electron chi connectivity index (χ3n) is 5.81. The summed E-state index contributed by atoms with van der Waals surface area (Å²) in [4.78, 5) is 27.5. The Bertz CT molecular complexity index is 605. The van der Waals surface area contributed by atoms with Crippen molar-refractivity contribution in [2.24, 2.45) is 11.1 Å². The molecule has 2 heterocycles. The summed E-state index contributed by atoms with van der Waals surface area (Å²) in [6, 6.07) is 10.7. The fraction of sp³-hybridized carbons (Fsp3) is 0.600. The maximum atomic E-state index is 12.3. The summed E-state index contributed by atoms with van der Waals surface area (Å²) in [6.45, 7) is 5.05. The molecule has 0 atom stereocenters. The molecule has 0 aliphatic carbocycles. The summed E-state index contributed by atoms with van der Waals surface area (Å²) in [7, 11) is 0. The molecule has 1 aromatic carbocycles. The number of hydrogen-bond acceptors (Lipinski definition) is 4. The van der Waals surface area contributed by atoms with Gasteiger partial charge in [0.05, 0.1) is 11.5 Å². The third-order valence-corrected chi connectivity index (χ3v) is 6.75. The minimum Gasteiger partial charge on any atom is -0.369 e. The Kier molecular flexibility index (Phi) is 6.59. The van der Waals surface area contributed by atoms with Gasteiger partial charge in [-0.3, -0.25) is 14.5 Å². The number of thioether (sulfide) groups is 1. The quantitative estimate of drug-likeness (QED) is 0.827. The van der Waals surface area contributed by atoms with E-state index < -0.39 is 0 Å². The normalized spacial score (nSPS) is 20.2. The van der Waals surface area contributed by atoms with Crippen molar-refractivity contribution in [1.29, 1.82) is 0 Å². The van der Waals surface area contributed by atoms with E-state index in [-0.39, 0.29) is 17.6 Å². The molecule has 2 saturated heterocycles. The minimum absolute atomic E-state index is 0.146. The number of hydrogen-bond donors (Lipinski definition) is 1. The van der Waals surface area contributed by atoms with Gasteiger partial charge in [0.15, 0.2) is 0 Å². The Balaban J connectivity index is 1.41. The molecule has 2 aliphatic rings. The summed E-state index contributed by atoms with van der Waals surface area (Å²) in [6.07, 6.45) is 4.69. The molecule has 0 unspecified atom stereocenters. The lowest BCUT2D eigenvalue weighted by molar-refractivity contribution is -0.131. The maximum absolute atomic E-state index is 12.3. The number of benzene rings is 1. The molecular formula is C20H29N3O2S. The second-order valence-electron chi connectivity index (χ2n) is 7.60. The minimum atomic E-state index is -0.359. The Morgan fingerprint density at radius 1 is 0.962 bits per heavy atom. The molecule has 0 radical (unpaired) electrons. The largest absolute Gasteiger partial charge is 0.369 e. The van der Waals surface area contributed by atoms with Gasteiger partial charge in [-0.05, 0) is 49.8 Å². The smallest absolute Gasteiger partial charge is 0.232 e. The Labute approximate surface area is 160 Å². The van der Waals surface area contributed by atoms with Crippen LogP contribution in [-0.2, 0) is 16.1 Å². The second kappa shape index (κ2) is 8.91. The zero-order valence-corrected chi connectivity index (χ0v) is 16.2. The van der Waals surface area contributed by atoms with Crippen LogP contribution >= 0.6 is 11.8 Å². The zero-order valence-electron chi connectivity index (χ0n) is 15.4. The second-order valence-corrected chi connectivity index (χ2v) is 8.59. The van der Waals surface area contributed by atoms with Crippen LogP contribution in [0.4, 0.5) is 0 Å². The molecular weight excluding hydrogens is 346 g/mol. The SMILES string of the molecule is NC(=O)CSCC(=O)N1CCC2(CCN(Cc3ccccc3)CC2)CC1. The van der Waals surface area contributed by atoms with Gasteiger partial charge in [0, 0.05) is 19.6 Å². The van der Waals surface area contributed by atoms with E-state index in [1.165, 1.54) is 30.2 Å². The van der Waals surface area contributed by atoms with E-state index in [0.717, 1.165) is 45.6 Å². The lowest BCUT2D eigenvalue weighted by Crippen LogP contribution is -2.48. The van der Waals surface area contributed by atoms with Gasteiger partial charge in [0.25, 0.3) is 0 Å². The van der Waals surface area contributed by atoms with Crippen molar-refractivity contribution in [3.8, 4) is 0 Å². The Hall–Kier alpha value is -1.53. The summed E-state index contributed by atoms with van der Waals surface area (Å²) in [5.74, 6) is 0.372. The van der Waals surface area contributed by atoms with Crippen LogP contribution < -0.4 is 5.73 Å². The van der Waals surface area contributed by atoms with Crippen molar-refractivity contribution < 1.29 is 9.59 Å². The summed E-state index contributed by atoms with van der Waals surface area (Å²) < 4.78 is 0. The third kappa shape index (κ3) is 5.24. The molecule has 1 aromatic rings. The summed E-state index contributed by atoms with van der Waals surface area (Å²) >= 11 is 1.32. The van der Waals surface area contributed by atoms with Gasteiger partial charge in [-0.15, -0.1) is 11.8 Å². The van der Waals surface area contributed by atoms with Crippen molar-refractivity contribution in [3.05, 3.63) is 35.9 Å². The van der Waals surface area contributed by atoms with Gasteiger partial charge in [-0.25, -0.2) is 0 Å². The van der Waals surface area contributed by atoms with E-state index in [1.54, 1.807) is 0 Å². The monoisotopic (exact) mass is 375 g/mol. The lowest BCUT2D eigenvalue weighted by atomic mass is 9.71. The van der Waals surface area contributed by atoms with E-state index >= 15 is 0 Å². The highest BCUT2D eigenvalue weighted by atomic mass is 32.2. The number of piperidine rings is 2. The molecule has 5 nitrogen and oxygen atoms in total. The molecule has 1 spiro atoms. The number of rotatable bonds is 6. The van der Waals surface area contributed by atoms with Crippen LogP contribution in [0.25, 0.3) is 0 Å². The van der Waals surface area contributed by atoms with Crippen molar-refractivity contribution in [3.63, 3.8) is 0 Å². The van der Waals surface area contributed by atoms with Gasteiger partial charge < -0.3 is 10.6 Å². The first-order valence-electron chi connectivity index (χ1n) is 9.46. The molecule has 26 heavy (non-hydrogen) atoms. The van der Waals surface area contributed by atoms with E-state index in [1.807, 2.05) is 4.90 Å². The number of nitrogens with two attached hydrogens (primary N) is 1. The van der Waals surface area contributed by atoms with Crippen molar-refractivity contribution >= 4 is 23.6 Å². The van der Waals surface area contributed by atoms with Crippen molar-refractivity contribution in [1.82, 2.24) is 9.80 Å². The van der Waals surface area contributed by atoms with E-state index in [9.17, 15) is 9.59 Å².